The third kappa shape index (κ3) is 6.40. The van der Waals surface area contributed by atoms with Crippen LogP contribution in [-0.2, 0) is 4.79 Å². The summed E-state index contributed by atoms with van der Waals surface area (Å²) < 4.78 is 5.14. The highest BCUT2D eigenvalue weighted by Crippen LogP contribution is 2.38. The maximum atomic E-state index is 13.4. The van der Waals surface area contributed by atoms with Crippen LogP contribution in [0.2, 0.25) is 10.0 Å². The Balaban J connectivity index is 1.54. The van der Waals surface area contributed by atoms with Crippen molar-refractivity contribution in [3.8, 4) is 5.75 Å². The van der Waals surface area contributed by atoms with E-state index >= 15 is 0 Å². The van der Waals surface area contributed by atoms with Crippen LogP contribution in [0.5, 0.6) is 5.75 Å². The zero-order chi connectivity index (χ0) is 25.5. The van der Waals surface area contributed by atoms with Crippen LogP contribution in [0.25, 0.3) is 0 Å². The van der Waals surface area contributed by atoms with E-state index in [4.69, 9.17) is 27.9 Å². The van der Waals surface area contributed by atoms with Crippen LogP contribution in [0.1, 0.15) is 21.2 Å². The SMILES string of the molecule is COc1ccc(C(=O)Nc2cccc(SC(C(=O)Nc3cccc(Cl)c3Cl)c3ccccc3)c2)cc1. The Morgan fingerprint density at radius 2 is 1.56 bits per heavy atom. The summed E-state index contributed by atoms with van der Waals surface area (Å²) in [6, 6.07) is 28.8. The van der Waals surface area contributed by atoms with E-state index < -0.39 is 5.25 Å². The van der Waals surface area contributed by atoms with Gasteiger partial charge in [-0.1, -0.05) is 65.7 Å². The Kier molecular flexibility index (Phi) is 8.54. The van der Waals surface area contributed by atoms with Gasteiger partial charge >= 0.3 is 0 Å². The third-order valence-electron chi connectivity index (χ3n) is 5.25. The van der Waals surface area contributed by atoms with Gasteiger partial charge in [0.2, 0.25) is 5.91 Å². The first-order valence-electron chi connectivity index (χ1n) is 11.0. The van der Waals surface area contributed by atoms with Crippen molar-refractivity contribution in [2.75, 3.05) is 17.7 Å². The van der Waals surface area contributed by atoms with Crippen LogP contribution in [-0.4, -0.2) is 18.9 Å². The van der Waals surface area contributed by atoms with E-state index in [0.717, 1.165) is 10.5 Å². The average Bonchev–Trinajstić information content (AvgIpc) is 2.90. The molecule has 182 valence electrons. The summed E-state index contributed by atoms with van der Waals surface area (Å²) in [6.45, 7) is 0. The first-order chi connectivity index (χ1) is 17.4. The van der Waals surface area contributed by atoms with Crippen molar-refractivity contribution in [3.05, 3.63) is 118 Å². The Morgan fingerprint density at radius 3 is 2.28 bits per heavy atom. The molecule has 0 aromatic heterocycles. The van der Waals surface area contributed by atoms with Crippen molar-refractivity contribution in [1.29, 1.82) is 0 Å². The lowest BCUT2D eigenvalue weighted by molar-refractivity contribution is -0.115. The van der Waals surface area contributed by atoms with Gasteiger partial charge in [-0.2, -0.15) is 0 Å². The third-order valence-corrected chi connectivity index (χ3v) is 7.31. The number of ether oxygens (including phenoxy) is 1. The van der Waals surface area contributed by atoms with E-state index in [1.54, 1.807) is 55.6 Å². The predicted octanol–water partition coefficient (Wildman–Crippen LogP) is 7.73. The maximum absolute atomic E-state index is 13.4. The largest absolute Gasteiger partial charge is 0.497 e. The highest BCUT2D eigenvalue weighted by atomic mass is 35.5. The zero-order valence-corrected chi connectivity index (χ0v) is 21.5. The Bertz CT molecular complexity index is 1370. The van der Waals surface area contributed by atoms with Crippen LogP contribution in [0.15, 0.2) is 102 Å². The monoisotopic (exact) mass is 536 g/mol. The van der Waals surface area contributed by atoms with Gasteiger partial charge < -0.3 is 15.4 Å². The molecular weight excluding hydrogens is 515 g/mol. The van der Waals surface area contributed by atoms with Crippen molar-refractivity contribution in [2.24, 2.45) is 0 Å². The summed E-state index contributed by atoms with van der Waals surface area (Å²) in [5, 5.41) is 5.87. The number of rotatable bonds is 8. The van der Waals surface area contributed by atoms with Crippen LogP contribution in [0, 0.1) is 0 Å². The lowest BCUT2D eigenvalue weighted by Gasteiger charge is -2.18. The van der Waals surface area contributed by atoms with Gasteiger partial charge in [-0.15, -0.1) is 11.8 Å². The van der Waals surface area contributed by atoms with Crippen molar-refractivity contribution in [1.82, 2.24) is 0 Å². The van der Waals surface area contributed by atoms with Crippen LogP contribution in [0.3, 0.4) is 0 Å². The molecule has 0 spiro atoms. The first kappa shape index (κ1) is 25.6. The summed E-state index contributed by atoms with van der Waals surface area (Å²) >= 11 is 13.8. The van der Waals surface area contributed by atoms with E-state index in [0.29, 0.717) is 27.7 Å². The summed E-state index contributed by atoms with van der Waals surface area (Å²) in [4.78, 5) is 26.9. The van der Waals surface area contributed by atoms with Gasteiger partial charge in [0.15, 0.2) is 0 Å². The molecule has 0 radical (unpaired) electrons. The van der Waals surface area contributed by atoms with E-state index in [9.17, 15) is 9.59 Å². The molecule has 0 saturated heterocycles. The normalized spacial score (nSPS) is 11.4. The van der Waals surface area contributed by atoms with Gasteiger partial charge in [0.25, 0.3) is 5.91 Å². The lowest BCUT2D eigenvalue weighted by atomic mass is 10.1. The molecule has 2 N–H and O–H groups in total. The van der Waals surface area contributed by atoms with Crippen LogP contribution in [0.4, 0.5) is 11.4 Å². The van der Waals surface area contributed by atoms with Gasteiger partial charge in [0, 0.05) is 16.1 Å². The molecule has 36 heavy (non-hydrogen) atoms. The fourth-order valence-corrected chi connectivity index (χ4v) is 4.86. The minimum atomic E-state index is -0.575. The number of carbonyl (C=O) groups excluding carboxylic acids is 2. The molecule has 5 nitrogen and oxygen atoms in total. The molecule has 0 bridgehead atoms. The van der Waals surface area contributed by atoms with Crippen LogP contribution >= 0.6 is 35.0 Å². The molecular formula is C28H22Cl2N2O3S. The van der Waals surface area contributed by atoms with Gasteiger partial charge in [-0.25, -0.2) is 0 Å². The molecule has 0 saturated carbocycles. The number of amides is 2. The summed E-state index contributed by atoms with van der Waals surface area (Å²) in [7, 11) is 1.57. The average molecular weight is 537 g/mol. The topological polar surface area (TPSA) is 67.4 Å². The number of anilines is 2. The molecule has 1 unspecified atom stereocenters. The molecule has 8 heteroatoms. The fourth-order valence-electron chi connectivity index (χ4n) is 3.43. The van der Waals surface area contributed by atoms with Gasteiger partial charge in [-0.3, -0.25) is 9.59 Å². The fraction of sp³-hybridized carbons (Fsp3) is 0.0714. The smallest absolute Gasteiger partial charge is 0.255 e. The minimum absolute atomic E-state index is 0.243. The molecule has 4 aromatic carbocycles. The van der Waals surface area contributed by atoms with E-state index in [1.165, 1.54) is 11.8 Å². The summed E-state index contributed by atoms with van der Waals surface area (Å²) in [5.74, 6) is 0.185. The standard InChI is InChI=1S/C28H22Cl2N2O3S/c1-35-21-15-13-19(14-16-21)27(33)31-20-9-5-10-22(17-20)36-26(18-7-3-2-4-8-18)28(34)32-24-12-6-11-23(29)25(24)30/h2-17,26H,1H3,(H,31,33)(H,32,34). The highest BCUT2D eigenvalue weighted by Gasteiger charge is 2.23. The number of hydrogen-bond acceptors (Lipinski definition) is 4. The molecule has 1 atom stereocenters. The number of hydrogen-bond donors (Lipinski definition) is 2. The van der Waals surface area contributed by atoms with Gasteiger partial charge in [0.05, 0.1) is 22.8 Å². The number of thioether (sulfide) groups is 1. The van der Waals surface area contributed by atoms with Gasteiger partial charge in [-0.05, 0) is 60.2 Å². The Labute approximate surface area is 223 Å². The maximum Gasteiger partial charge on any atom is 0.255 e. The number of carbonyl (C=O) groups is 2. The van der Waals surface area contributed by atoms with Crippen molar-refractivity contribution >= 4 is 58.2 Å². The van der Waals surface area contributed by atoms with E-state index in [1.807, 2.05) is 48.5 Å². The predicted molar refractivity (Wildman–Crippen MR) is 148 cm³/mol. The highest BCUT2D eigenvalue weighted by molar-refractivity contribution is 8.00. The Hall–Kier alpha value is -3.45. The number of benzene rings is 4. The molecule has 0 heterocycles. The number of halogens is 2. The van der Waals surface area contributed by atoms with Crippen molar-refractivity contribution in [3.63, 3.8) is 0 Å². The van der Waals surface area contributed by atoms with Crippen molar-refractivity contribution in [2.45, 2.75) is 10.1 Å². The molecule has 0 fully saturated rings. The molecule has 0 aliphatic heterocycles. The molecule has 4 aromatic rings. The number of methoxy groups -OCH3 is 1. The molecule has 0 aliphatic rings. The minimum Gasteiger partial charge on any atom is -0.497 e. The molecule has 2 amide bonds. The molecule has 4 rings (SSSR count). The number of nitrogens with one attached hydrogen (secondary N) is 2. The van der Waals surface area contributed by atoms with Crippen molar-refractivity contribution < 1.29 is 14.3 Å². The van der Waals surface area contributed by atoms with Crippen LogP contribution < -0.4 is 15.4 Å². The van der Waals surface area contributed by atoms with E-state index in [2.05, 4.69) is 10.6 Å². The lowest BCUT2D eigenvalue weighted by Crippen LogP contribution is -2.19. The van der Waals surface area contributed by atoms with E-state index in [-0.39, 0.29) is 16.8 Å². The summed E-state index contributed by atoms with van der Waals surface area (Å²) in [6.07, 6.45) is 0. The Morgan fingerprint density at radius 1 is 0.833 bits per heavy atom. The second-order valence-corrected chi connectivity index (χ2v) is 9.67. The van der Waals surface area contributed by atoms with Gasteiger partial charge in [0.1, 0.15) is 11.0 Å². The quantitative estimate of drug-likeness (QED) is 0.226. The first-order valence-corrected chi connectivity index (χ1v) is 12.6. The second-order valence-electron chi connectivity index (χ2n) is 7.71. The second kappa shape index (κ2) is 12.0. The zero-order valence-electron chi connectivity index (χ0n) is 19.2. The summed E-state index contributed by atoms with van der Waals surface area (Å²) in [5.41, 5.74) is 2.39. The molecule has 0 aliphatic carbocycles.